The van der Waals surface area contributed by atoms with Gasteiger partial charge < -0.3 is 15.4 Å². The summed E-state index contributed by atoms with van der Waals surface area (Å²) in [4.78, 5) is 15.1. The van der Waals surface area contributed by atoms with Crippen LogP contribution in [0.25, 0.3) is 0 Å². The maximum atomic E-state index is 12.7. The van der Waals surface area contributed by atoms with E-state index in [-0.39, 0.29) is 42.1 Å². The zero-order valence-electron chi connectivity index (χ0n) is 15.9. The molecule has 5 nitrogen and oxygen atoms in total. The van der Waals surface area contributed by atoms with Crippen LogP contribution in [0, 0.1) is 11.3 Å². The van der Waals surface area contributed by atoms with E-state index in [4.69, 9.17) is 4.74 Å². The van der Waals surface area contributed by atoms with Crippen molar-refractivity contribution in [3.63, 3.8) is 0 Å². The molecule has 0 bridgehead atoms. The first-order chi connectivity index (χ1) is 12.2. The van der Waals surface area contributed by atoms with Gasteiger partial charge in [0.15, 0.2) is 0 Å². The molecule has 0 radical (unpaired) electrons. The Morgan fingerprint density at radius 3 is 2.67 bits per heavy atom. The zero-order valence-corrected chi connectivity index (χ0v) is 17.5. The predicted molar refractivity (Wildman–Crippen MR) is 113 cm³/mol. The Labute approximate surface area is 174 Å². The third kappa shape index (κ3) is 4.96. The van der Waals surface area contributed by atoms with Crippen LogP contribution < -0.4 is 10.6 Å². The molecule has 1 aromatic carbocycles. The van der Waals surface area contributed by atoms with Crippen LogP contribution >= 0.6 is 24.8 Å². The molecule has 1 saturated carbocycles. The van der Waals surface area contributed by atoms with Crippen molar-refractivity contribution < 1.29 is 9.53 Å². The van der Waals surface area contributed by atoms with Crippen LogP contribution in [0.2, 0.25) is 0 Å². The molecule has 1 amide bonds. The number of nitrogens with one attached hydrogen (secondary N) is 2. The third-order valence-corrected chi connectivity index (χ3v) is 6.34. The van der Waals surface area contributed by atoms with Gasteiger partial charge in [-0.3, -0.25) is 9.69 Å². The Kier molecular flexibility index (Phi) is 7.95. The van der Waals surface area contributed by atoms with Crippen molar-refractivity contribution in [3.8, 4) is 0 Å². The second-order valence-electron chi connectivity index (χ2n) is 7.81. The molecule has 2 heterocycles. The standard InChI is InChI=1S/C20H29N3O2.2ClH/c1-15(23-9-11-25-12-10-23)16-3-2-4-17(13-16)22-19(24)18-14-20(18)5-7-21-8-6-20;;/h2-4,13,15,18,21H,5-12,14H2,1H3,(H,22,24);2*1H. The molecule has 27 heavy (non-hydrogen) atoms. The Bertz CT molecular complexity index is 631. The quantitative estimate of drug-likeness (QED) is 0.792. The summed E-state index contributed by atoms with van der Waals surface area (Å²) in [6.07, 6.45) is 3.34. The zero-order chi connectivity index (χ0) is 17.3. The molecule has 7 heteroatoms. The Hall–Kier alpha value is -0.850. The maximum Gasteiger partial charge on any atom is 0.228 e. The molecule has 2 N–H and O–H groups in total. The highest BCUT2D eigenvalue weighted by atomic mass is 35.5. The summed E-state index contributed by atoms with van der Waals surface area (Å²) in [5, 5.41) is 6.57. The van der Waals surface area contributed by atoms with Crippen LogP contribution in [0.3, 0.4) is 0 Å². The molecule has 1 spiro atoms. The number of halogens is 2. The molecule has 152 valence electrons. The summed E-state index contributed by atoms with van der Waals surface area (Å²) in [5.41, 5.74) is 2.47. The van der Waals surface area contributed by atoms with Crippen LogP contribution in [-0.4, -0.2) is 50.2 Å². The molecule has 0 aromatic heterocycles. The molecule has 3 aliphatic rings. The van der Waals surface area contributed by atoms with Gasteiger partial charge >= 0.3 is 0 Å². The number of hydrogen-bond acceptors (Lipinski definition) is 4. The summed E-state index contributed by atoms with van der Waals surface area (Å²) < 4.78 is 5.45. The van der Waals surface area contributed by atoms with E-state index in [1.165, 1.54) is 5.56 Å². The topological polar surface area (TPSA) is 53.6 Å². The van der Waals surface area contributed by atoms with Gasteiger partial charge in [-0.05, 0) is 62.4 Å². The highest BCUT2D eigenvalue weighted by Crippen LogP contribution is 2.58. The first-order valence-corrected chi connectivity index (χ1v) is 9.61. The monoisotopic (exact) mass is 415 g/mol. The van der Waals surface area contributed by atoms with Crippen LogP contribution in [0.5, 0.6) is 0 Å². The van der Waals surface area contributed by atoms with E-state index >= 15 is 0 Å². The lowest BCUT2D eigenvalue weighted by Crippen LogP contribution is -2.38. The Morgan fingerprint density at radius 1 is 1.26 bits per heavy atom. The minimum atomic E-state index is 0. The van der Waals surface area contributed by atoms with Crippen molar-refractivity contribution >= 4 is 36.4 Å². The minimum Gasteiger partial charge on any atom is -0.379 e. The second kappa shape index (κ2) is 9.57. The fourth-order valence-corrected chi connectivity index (χ4v) is 4.48. The number of piperidine rings is 1. The molecule has 2 atom stereocenters. The normalized spacial score (nSPS) is 25.0. The van der Waals surface area contributed by atoms with Gasteiger partial charge in [0.25, 0.3) is 0 Å². The van der Waals surface area contributed by atoms with Gasteiger partial charge in [0.2, 0.25) is 5.91 Å². The first-order valence-electron chi connectivity index (χ1n) is 9.61. The largest absolute Gasteiger partial charge is 0.379 e. The second-order valence-corrected chi connectivity index (χ2v) is 7.81. The number of morpholine rings is 1. The van der Waals surface area contributed by atoms with Gasteiger partial charge in [0, 0.05) is 30.7 Å². The van der Waals surface area contributed by atoms with E-state index in [0.717, 1.165) is 64.3 Å². The summed E-state index contributed by atoms with van der Waals surface area (Å²) in [6.45, 7) is 7.88. The van der Waals surface area contributed by atoms with Crippen LogP contribution in [0.4, 0.5) is 5.69 Å². The summed E-state index contributed by atoms with van der Waals surface area (Å²) >= 11 is 0. The Morgan fingerprint density at radius 2 is 1.96 bits per heavy atom. The SMILES string of the molecule is CC(c1cccc(NC(=O)C2CC23CCNCC3)c1)N1CCOCC1.Cl.Cl. The molecule has 3 fully saturated rings. The van der Waals surface area contributed by atoms with Gasteiger partial charge in [0.1, 0.15) is 0 Å². The van der Waals surface area contributed by atoms with Gasteiger partial charge in [-0.25, -0.2) is 0 Å². The van der Waals surface area contributed by atoms with E-state index in [2.05, 4.69) is 40.7 Å². The highest BCUT2D eigenvalue weighted by Gasteiger charge is 2.57. The summed E-state index contributed by atoms with van der Waals surface area (Å²) in [6, 6.07) is 8.69. The minimum absolute atomic E-state index is 0. The number of nitrogens with zero attached hydrogens (tertiary/aromatic N) is 1. The smallest absolute Gasteiger partial charge is 0.228 e. The molecule has 1 aromatic rings. The number of benzene rings is 1. The number of carbonyl (C=O) groups excluding carboxylic acids is 1. The molecular formula is C20H31Cl2N3O2. The molecule has 2 unspecified atom stereocenters. The lowest BCUT2D eigenvalue weighted by atomic mass is 9.92. The molecule has 2 aliphatic heterocycles. The average molecular weight is 416 g/mol. The number of carbonyl (C=O) groups is 1. The van der Waals surface area contributed by atoms with E-state index in [1.807, 2.05) is 6.07 Å². The summed E-state index contributed by atoms with van der Waals surface area (Å²) in [5.74, 6) is 0.410. The maximum absolute atomic E-state index is 12.7. The number of amides is 1. The fraction of sp³-hybridized carbons (Fsp3) is 0.650. The van der Waals surface area contributed by atoms with Crippen molar-refractivity contribution in [2.45, 2.75) is 32.2 Å². The number of hydrogen-bond donors (Lipinski definition) is 2. The van der Waals surface area contributed by atoms with E-state index < -0.39 is 0 Å². The van der Waals surface area contributed by atoms with Gasteiger partial charge in [-0.2, -0.15) is 0 Å². The van der Waals surface area contributed by atoms with Crippen molar-refractivity contribution in [1.29, 1.82) is 0 Å². The van der Waals surface area contributed by atoms with Crippen molar-refractivity contribution in [2.75, 3.05) is 44.7 Å². The van der Waals surface area contributed by atoms with Crippen LogP contribution in [0.1, 0.15) is 37.8 Å². The third-order valence-electron chi connectivity index (χ3n) is 6.34. The molecule has 1 aliphatic carbocycles. The number of ether oxygens (including phenoxy) is 1. The molecule has 2 saturated heterocycles. The van der Waals surface area contributed by atoms with Crippen molar-refractivity contribution in [2.24, 2.45) is 11.3 Å². The fourth-order valence-electron chi connectivity index (χ4n) is 4.48. The Balaban J connectivity index is 0.00000131. The number of anilines is 1. The lowest BCUT2D eigenvalue weighted by molar-refractivity contribution is -0.118. The lowest BCUT2D eigenvalue weighted by Gasteiger charge is -2.32. The molecular weight excluding hydrogens is 385 g/mol. The van der Waals surface area contributed by atoms with Gasteiger partial charge in [0.05, 0.1) is 13.2 Å². The summed E-state index contributed by atoms with van der Waals surface area (Å²) in [7, 11) is 0. The van der Waals surface area contributed by atoms with E-state index in [9.17, 15) is 4.79 Å². The predicted octanol–water partition coefficient (Wildman–Crippen LogP) is 3.25. The van der Waals surface area contributed by atoms with Gasteiger partial charge in [-0.15, -0.1) is 24.8 Å². The first kappa shape index (κ1) is 22.4. The van der Waals surface area contributed by atoms with E-state index in [1.54, 1.807) is 0 Å². The van der Waals surface area contributed by atoms with Crippen molar-refractivity contribution in [3.05, 3.63) is 29.8 Å². The van der Waals surface area contributed by atoms with Crippen molar-refractivity contribution in [1.82, 2.24) is 10.2 Å². The van der Waals surface area contributed by atoms with Crippen LogP contribution in [-0.2, 0) is 9.53 Å². The molecule has 4 rings (SSSR count). The average Bonchev–Trinajstić information content (AvgIpc) is 3.35. The number of rotatable bonds is 4. The van der Waals surface area contributed by atoms with E-state index in [0.29, 0.717) is 6.04 Å². The van der Waals surface area contributed by atoms with Gasteiger partial charge in [-0.1, -0.05) is 12.1 Å². The van der Waals surface area contributed by atoms with Crippen LogP contribution in [0.15, 0.2) is 24.3 Å². The highest BCUT2D eigenvalue weighted by molar-refractivity contribution is 5.95.